The Morgan fingerprint density at radius 1 is 1.20 bits per heavy atom. The van der Waals surface area contributed by atoms with Gasteiger partial charge in [-0.1, -0.05) is 0 Å². The standard InChI is InChI=1S/C19H26FN3OS/c1-12(2)23(13(3)4)11-10-21-18(24)17-14(5)22-19(25-17)15-6-8-16(20)9-7-15/h6-9,12-13H,10-11H2,1-5H3,(H,21,24). The number of hydrogen-bond acceptors (Lipinski definition) is 4. The minimum atomic E-state index is -0.283. The van der Waals surface area contributed by atoms with Gasteiger partial charge in [-0.2, -0.15) is 0 Å². The van der Waals surface area contributed by atoms with E-state index < -0.39 is 0 Å². The fraction of sp³-hybridized carbons (Fsp3) is 0.474. The van der Waals surface area contributed by atoms with Crippen LogP contribution in [0.25, 0.3) is 10.6 Å². The van der Waals surface area contributed by atoms with Crippen LogP contribution in [0.15, 0.2) is 24.3 Å². The second-order valence-corrected chi connectivity index (χ2v) is 7.62. The Hall–Kier alpha value is -1.79. The van der Waals surface area contributed by atoms with Crippen molar-refractivity contribution in [1.82, 2.24) is 15.2 Å². The predicted molar refractivity (Wildman–Crippen MR) is 102 cm³/mol. The molecular formula is C19H26FN3OS. The van der Waals surface area contributed by atoms with Crippen molar-refractivity contribution in [3.8, 4) is 10.6 Å². The van der Waals surface area contributed by atoms with E-state index in [1.165, 1.54) is 23.5 Å². The van der Waals surface area contributed by atoms with Gasteiger partial charge in [0.2, 0.25) is 0 Å². The summed E-state index contributed by atoms with van der Waals surface area (Å²) in [5, 5.41) is 3.71. The van der Waals surface area contributed by atoms with Crippen molar-refractivity contribution in [3.05, 3.63) is 40.7 Å². The number of carbonyl (C=O) groups excluding carboxylic acids is 1. The van der Waals surface area contributed by atoms with Gasteiger partial charge in [0.1, 0.15) is 15.7 Å². The second-order valence-electron chi connectivity index (χ2n) is 6.62. The van der Waals surface area contributed by atoms with Crippen LogP contribution in [0.3, 0.4) is 0 Å². The topological polar surface area (TPSA) is 45.2 Å². The predicted octanol–water partition coefficient (Wildman–Crippen LogP) is 4.11. The molecule has 0 saturated carbocycles. The van der Waals surface area contributed by atoms with Crippen LogP contribution >= 0.6 is 11.3 Å². The lowest BCUT2D eigenvalue weighted by Crippen LogP contribution is -2.42. The number of halogens is 1. The molecule has 0 aliphatic rings. The van der Waals surface area contributed by atoms with Crippen molar-refractivity contribution >= 4 is 17.2 Å². The van der Waals surface area contributed by atoms with Gasteiger partial charge in [0.15, 0.2) is 0 Å². The fourth-order valence-corrected chi connectivity index (χ4v) is 3.80. The van der Waals surface area contributed by atoms with E-state index in [-0.39, 0.29) is 11.7 Å². The van der Waals surface area contributed by atoms with Crippen molar-refractivity contribution in [3.63, 3.8) is 0 Å². The minimum Gasteiger partial charge on any atom is -0.350 e. The second kappa shape index (κ2) is 8.54. The van der Waals surface area contributed by atoms with E-state index in [0.29, 0.717) is 29.2 Å². The number of hydrogen-bond donors (Lipinski definition) is 1. The van der Waals surface area contributed by atoms with E-state index in [4.69, 9.17) is 0 Å². The zero-order valence-corrected chi connectivity index (χ0v) is 16.3. The first kappa shape index (κ1) is 19.5. The summed E-state index contributed by atoms with van der Waals surface area (Å²) in [7, 11) is 0. The smallest absolute Gasteiger partial charge is 0.263 e. The highest BCUT2D eigenvalue weighted by atomic mass is 32.1. The van der Waals surface area contributed by atoms with Gasteiger partial charge in [0.05, 0.1) is 5.69 Å². The van der Waals surface area contributed by atoms with Crippen molar-refractivity contribution in [2.24, 2.45) is 0 Å². The van der Waals surface area contributed by atoms with E-state index >= 15 is 0 Å². The highest BCUT2D eigenvalue weighted by molar-refractivity contribution is 7.17. The number of rotatable bonds is 7. The van der Waals surface area contributed by atoms with Crippen molar-refractivity contribution in [2.45, 2.75) is 46.7 Å². The third-order valence-corrected chi connectivity index (χ3v) is 5.28. The van der Waals surface area contributed by atoms with E-state index in [1.807, 2.05) is 6.92 Å². The summed E-state index contributed by atoms with van der Waals surface area (Å²) in [6.45, 7) is 11.9. The number of amides is 1. The molecule has 2 aromatic rings. The van der Waals surface area contributed by atoms with Crippen LogP contribution in [-0.4, -0.2) is 41.0 Å². The number of thiazole rings is 1. The molecule has 0 saturated heterocycles. The number of carbonyl (C=O) groups is 1. The zero-order chi connectivity index (χ0) is 18.6. The monoisotopic (exact) mass is 363 g/mol. The van der Waals surface area contributed by atoms with Gasteiger partial charge >= 0.3 is 0 Å². The maximum Gasteiger partial charge on any atom is 0.263 e. The highest BCUT2D eigenvalue weighted by Crippen LogP contribution is 2.28. The van der Waals surface area contributed by atoms with Crippen LogP contribution in [-0.2, 0) is 0 Å². The molecule has 0 atom stereocenters. The summed E-state index contributed by atoms with van der Waals surface area (Å²) in [5.74, 6) is -0.384. The van der Waals surface area contributed by atoms with Crippen molar-refractivity contribution in [1.29, 1.82) is 0 Å². The van der Waals surface area contributed by atoms with Crippen molar-refractivity contribution in [2.75, 3.05) is 13.1 Å². The average Bonchev–Trinajstić information content (AvgIpc) is 2.93. The summed E-state index contributed by atoms with van der Waals surface area (Å²) in [6.07, 6.45) is 0. The number of benzene rings is 1. The molecule has 2 rings (SSSR count). The number of aryl methyl sites for hydroxylation is 1. The number of nitrogens with one attached hydrogen (secondary N) is 1. The van der Waals surface area contributed by atoms with Crippen LogP contribution in [0, 0.1) is 12.7 Å². The summed E-state index contributed by atoms with van der Waals surface area (Å²) in [4.78, 5) is 19.9. The molecule has 1 aromatic heterocycles. The molecular weight excluding hydrogens is 337 g/mol. The molecule has 0 fully saturated rings. The Kier molecular flexibility index (Phi) is 6.67. The van der Waals surface area contributed by atoms with Crippen LogP contribution in [0.4, 0.5) is 4.39 Å². The van der Waals surface area contributed by atoms with E-state index in [9.17, 15) is 9.18 Å². The lowest BCUT2D eigenvalue weighted by molar-refractivity contribution is 0.0942. The SMILES string of the molecule is Cc1nc(-c2ccc(F)cc2)sc1C(=O)NCCN(C(C)C)C(C)C. The van der Waals surface area contributed by atoms with Crippen LogP contribution in [0.2, 0.25) is 0 Å². The van der Waals surface area contributed by atoms with Gasteiger partial charge in [-0.25, -0.2) is 9.37 Å². The van der Waals surface area contributed by atoms with Gasteiger partial charge in [0.25, 0.3) is 5.91 Å². The molecule has 0 aliphatic carbocycles. The van der Waals surface area contributed by atoms with Crippen molar-refractivity contribution < 1.29 is 9.18 Å². The quantitative estimate of drug-likeness (QED) is 0.805. The Morgan fingerprint density at radius 3 is 2.36 bits per heavy atom. The molecule has 6 heteroatoms. The van der Waals surface area contributed by atoms with Gasteiger partial charge < -0.3 is 5.32 Å². The Balaban J connectivity index is 2.01. The van der Waals surface area contributed by atoms with Gasteiger partial charge in [-0.05, 0) is 58.9 Å². The Bertz CT molecular complexity index is 702. The van der Waals surface area contributed by atoms with Crippen LogP contribution in [0.5, 0.6) is 0 Å². The third-order valence-electron chi connectivity index (χ3n) is 4.08. The maximum atomic E-state index is 13.0. The molecule has 1 heterocycles. The third kappa shape index (κ3) is 5.09. The maximum absolute atomic E-state index is 13.0. The average molecular weight is 364 g/mol. The lowest BCUT2D eigenvalue weighted by Gasteiger charge is -2.30. The molecule has 0 spiro atoms. The van der Waals surface area contributed by atoms with E-state index in [0.717, 1.165) is 17.1 Å². The first-order valence-electron chi connectivity index (χ1n) is 8.57. The molecule has 0 radical (unpaired) electrons. The largest absolute Gasteiger partial charge is 0.350 e. The highest BCUT2D eigenvalue weighted by Gasteiger charge is 2.17. The first-order valence-corrected chi connectivity index (χ1v) is 9.38. The fourth-order valence-electron chi connectivity index (χ4n) is 2.81. The van der Waals surface area contributed by atoms with Gasteiger partial charge in [0, 0.05) is 30.7 Å². The molecule has 4 nitrogen and oxygen atoms in total. The van der Waals surface area contributed by atoms with Gasteiger partial charge in [-0.15, -0.1) is 11.3 Å². The molecule has 1 N–H and O–H groups in total. The normalized spacial score (nSPS) is 11.6. The molecule has 0 aliphatic heterocycles. The van der Waals surface area contributed by atoms with E-state index in [2.05, 4.69) is 42.9 Å². The molecule has 136 valence electrons. The summed E-state index contributed by atoms with van der Waals surface area (Å²) in [6, 6.07) is 7.03. The van der Waals surface area contributed by atoms with E-state index in [1.54, 1.807) is 12.1 Å². The lowest BCUT2D eigenvalue weighted by atomic mass is 10.2. The molecule has 1 amide bonds. The van der Waals surface area contributed by atoms with Gasteiger partial charge in [-0.3, -0.25) is 9.69 Å². The number of aromatic nitrogens is 1. The molecule has 0 bridgehead atoms. The zero-order valence-electron chi connectivity index (χ0n) is 15.5. The minimum absolute atomic E-state index is 0.101. The molecule has 25 heavy (non-hydrogen) atoms. The van der Waals surface area contributed by atoms with Crippen LogP contribution < -0.4 is 5.32 Å². The molecule has 1 aromatic carbocycles. The summed E-state index contributed by atoms with van der Waals surface area (Å²) < 4.78 is 13.0. The number of nitrogens with zero attached hydrogens (tertiary/aromatic N) is 2. The molecule has 0 unspecified atom stereocenters. The Labute approximate surface area is 153 Å². The summed E-state index contributed by atoms with van der Waals surface area (Å²) >= 11 is 1.34. The summed E-state index contributed by atoms with van der Waals surface area (Å²) in [5.41, 5.74) is 1.52. The Morgan fingerprint density at radius 2 is 1.80 bits per heavy atom. The first-order chi connectivity index (χ1) is 11.8. The van der Waals surface area contributed by atoms with Crippen LogP contribution in [0.1, 0.15) is 43.1 Å².